The van der Waals surface area contributed by atoms with Crippen molar-refractivity contribution < 1.29 is 22.8 Å². The molecule has 0 aromatic heterocycles. The standard InChI is InChI=1S/C17H17F3N2O2/c1-11(2)4-3-5-15(23)14(10-21)16(24)22-13-8-6-12(7-9-13)17(18,19)20/h4,6-9,14H,3,5H2,1-2H3,(H,22,24). The van der Waals surface area contributed by atoms with E-state index in [1.807, 2.05) is 19.9 Å². The van der Waals surface area contributed by atoms with Gasteiger partial charge >= 0.3 is 6.18 Å². The van der Waals surface area contributed by atoms with Gasteiger partial charge in [0.25, 0.3) is 0 Å². The van der Waals surface area contributed by atoms with Crippen LogP contribution in [0.4, 0.5) is 18.9 Å². The first-order valence-corrected chi connectivity index (χ1v) is 7.19. The highest BCUT2D eigenvalue weighted by molar-refractivity contribution is 6.09. The number of rotatable bonds is 6. The van der Waals surface area contributed by atoms with Crippen LogP contribution in [0.25, 0.3) is 0 Å². The molecule has 1 rings (SSSR count). The van der Waals surface area contributed by atoms with E-state index in [0.29, 0.717) is 6.42 Å². The number of nitrogens with one attached hydrogen (secondary N) is 1. The average Bonchev–Trinajstić information content (AvgIpc) is 2.47. The molecule has 1 unspecified atom stereocenters. The fraction of sp³-hybridized carbons (Fsp3) is 0.353. The fourth-order valence-corrected chi connectivity index (χ4v) is 1.88. The van der Waals surface area contributed by atoms with E-state index in [9.17, 15) is 22.8 Å². The molecule has 7 heteroatoms. The number of allylic oxidation sites excluding steroid dienone is 2. The molecule has 0 aliphatic heterocycles. The number of carbonyl (C=O) groups excluding carboxylic acids is 2. The number of hydrogen-bond donors (Lipinski definition) is 1. The third-order valence-electron chi connectivity index (χ3n) is 3.14. The first-order chi connectivity index (χ1) is 11.1. The molecule has 0 aliphatic carbocycles. The molecular weight excluding hydrogens is 321 g/mol. The summed E-state index contributed by atoms with van der Waals surface area (Å²) in [5.74, 6) is -2.86. The van der Waals surface area contributed by atoms with Crippen LogP contribution in [0, 0.1) is 17.2 Å². The van der Waals surface area contributed by atoms with Crippen LogP contribution in [-0.2, 0) is 15.8 Å². The highest BCUT2D eigenvalue weighted by Gasteiger charge is 2.30. The smallest absolute Gasteiger partial charge is 0.325 e. The molecule has 24 heavy (non-hydrogen) atoms. The quantitative estimate of drug-likeness (QED) is 0.627. The van der Waals surface area contributed by atoms with E-state index in [1.54, 1.807) is 6.07 Å². The highest BCUT2D eigenvalue weighted by atomic mass is 19.4. The van der Waals surface area contributed by atoms with Gasteiger partial charge in [0.2, 0.25) is 5.91 Å². The Bertz CT molecular complexity index is 667. The predicted molar refractivity (Wildman–Crippen MR) is 82.8 cm³/mol. The zero-order valence-corrected chi connectivity index (χ0v) is 13.3. The number of anilines is 1. The van der Waals surface area contributed by atoms with E-state index in [0.717, 1.165) is 29.8 Å². The molecule has 4 nitrogen and oxygen atoms in total. The lowest BCUT2D eigenvalue weighted by Gasteiger charge is -2.11. The zero-order chi connectivity index (χ0) is 18.3. The third kappa shape index (κ3) is 5.88. The largest absolute Gasteiger partial charge is 0.416 e. The summed E-state index contributed by atoms with van der Waals surface area (Å²) in [6.45, 7) is 3.73. The minimum Gasteiger partial charge on any atom is -0.325 e. The van der Waals surface area contributed by atoms with Crippen molar-refractivity contribution >= 4 is 17.4 Å². The van der Waals surface area contributed by atoms with Crippen LogP contribution in [0.15, 0.2) is 35.9 Å². The van der Waals surface area contributed by atoms with E-state index in [4.69, 9.17) is 5.26 Å². The normalized spacial score (nSPS) is 12.0. The van der Waals surface area contributed by atoms with Crippen LogP contribution in [-0.4, -0.2) is 11.7 Å². The Morgan fingerprint density at radius 1 is 1.25 bits per heavy atom. The summed E-state index contributed by atoms with van der Waals surface area (Å²) >= 11 is 0. The van der Waals surface area contributed by atoms with Crippen molar-refractivity contribution in [1.29, 1.82) is 5.26 Å². The van der Waals surface area contributed by atoms with Crippen LogP contribution >= 0.6 is 0 Å². The summed E-state index contributed by atoms with van der Waals surface area (Å²) in [5.41, 5.74) is 0.256. The molecule has 1 atom stereocenters. The van der Waals surface area contributed by atoms with Gasteiger partial charge in [-0.2, -0.15) is 18.4 Å². The Kier molecular flexibility index (Phi) is 6.71. The molecule has 0 aliphatic rings. The van der Waals surface area contributed by atoms with Gasteiger partial charge in [-0.1, -0.05) is 11.6 Å². The maximum atomic E-state index is 12.5. The number of nitriles is 1. The molecule has 1 aromatic rings. The molecule has 0 fully saturated rings. The second-order valence-electron chi connectivity index (χ2n) is 5.41. The number of nitrogens with zero attached hydrogens (tertiary/aromatic N) is 1. The van der Waals surface area contributed by atoms with Crippen molar-refractivity contribution in [3.8, 4) is 6.07 Å². The van der Waals surface area contributed by atoms with Gasteiger partial charge in [-0.3, -0.25) is 9.59 Å². The number of ketones is 1. The van der Waals surface area contributed by atoms with Gasteiger partial charge in [0, 0.05) is 12.1 Å². The molecule has 1 N–H and O–H groups in total. The summed E-state index contributed by atoms with van der Waals surface area (Å²) in [6, 6.07) is 5.40. The van der Waals surface area contributed by atoms with Crippen LogP contribution in [0.2, 0.25) is 0 Å². The van der Waals surface area contributed by atoms with E-state index < -0.39 is 29.3 Å². The van der Waals surface area contributed by atoms with Crippen molar-refractivity contribution in [3.05, 3.63) is 41.5 Å². The Morgan fingerprint density at radius 3 is 2.29 bits per heavy atom. The van der Waals surface area contributed by atoms with Crippen molar-refractivity contribution in [2.24, 2.45) is 5.92 Å². The zero-order valence-electron chi connectivity index (χ0n) is 13.3. The first-order valence-electron chi connectivity index (χ1n) is 7.19. The number of Topliss-reactive ketones (excluding diaryl/α,β-unsaturated/α-hetero) is 1. The van der Waals surface area contributed by atoms with Crippen molar-refractivity contribution in [1.82, 2.24) is 0 Å². The Hall–Kier alpha value is -2.62. The Balaban J connectivity index is 2.72. The molecule has 1 aromatic carbocycles. The fourth-order valence-electron chi connectivity index (χ4n) is 1.88. The number of alkyl halides is 3. The van der Waals surface area contributed by atoms with Crippen LogP contribution in [0.3, 0.4) is 0 Å². The van der Waals surface area contributed by atoms with Crippen molar-refractivity contribution in [2.45, 2.75) is 32.9 Å². The first kappa shape index (κ1) is 19.4. The van der Waals surface area contributed by atoms with Crippen molar-refractivity contribution in [2.75, 3.05) is 5.32 Å². The van der Waals surface area contributed by atoms with Gasteiger partial charge in [0.1, 0.15) is 0 Å². The summed E-state index contributed by atoms with van der Waals surface area (Å²) in [5, 5.41) is 11.3. The molecule has 0 bridgehead atoms. The molecule has 128 valence electrons. The minimum atomic E-state index is -4.47. The second-order valence-corrected chi connectivity index (χ2v) is 5.41. The lowest BCUT2D eigenvalue weighted by Crippen LogP contribution is -2.28. The molecule has 1 amide bonds. The number of benzene rings is 1. The van der Waals surface area contributed by atoms with Crippen LogP contribution in [0.1, 0.15) is 32.3 Å². The molecule has 0 heterocycles. The van der Waals surface area contributed by atoms with Crippen molar-refractivity contribution in [3.63, 3.8) is 0 Å². The van der Waals surface area contributed by atoms with E-state index in [1.165, 1.54) is 0 Å². The average molecular weight is 338 g/mol. The molecule has 0 spiro atoms. The maximum absolute atomic E-state index is 12.5. The van der Waals surface area contributed by atoms with Gasteiger partial charge in [-0.05, 0) is 44.5 Å². The number of halogens is 3. The monoisotopic (exact) mass is 338 g/mol. The second kappa shape index (κ2) is 8.29. The Labute approximate surface area is 138 Å². The van der Waals surface area contributed by atoms with Gasteiger partial charge in [-0.25, -0.2) is 0 Å². The number of hydrogen-bond acceptors (Lipinski definition) is 3. The topological polar surface area (TPSA) is 70.0 Å². The Morgan fingerprint density at radius 2 is 1.83 bits per heavy atom. The van der Waals surface area contributed by atoms with Gasteiger partial charge in [0.05, 0.1) is 11.6 Å². The summed E-state index contributed by atoms with van der Waals surface area (Å²) in [6.07, 6.45) is -2.19. The predicted octanol–water partition coefficient (Wildman–Crippen LogP) is 4.10. The van der Waals surface area contributed by atoms with Gasteiger partial charge in [0.15, 0.2) is 11.7 Å². The summed E-state index contributed by atoms with van der Waals surface area (Å²) in [4.78, 5) is 23.9. The molecular formula is C17H17F3N2O2. The molecule has 0 saturated heterocycles. The van der Waals surface area contributed by atoms with Gasteiger partial charge < -0.3 is 5.32 Å². The number of amides is 1. The van der Waals surface area contributed by atoms with Crippen LogP contribution < -0.4 is 5.32 Å². The lowest BCUT2D eigenvalue weighted by molar-refractivity contribution is -0.137. The SMILES string of the molecule is CC(C)=CCCC(=O)C(C#N)C(=O)Nc1ccc(C(F)(F)F)cc1. The maximum Gasteiger partial charge on any atom is 0.416 e. The number of carbonyl (C=O) groups is 2. The van der Waals surface area contributed by atoms with Crippen LogP contribution in [0.5, 0.6) is 0 Å². The van der Waals surface area contributed by atoms with E-state index in [2.05, 4.69) is 5.32 Å². The summed E-state index contributed by atoms with van der Waals surface area (Å²) < 4.78 is 37.4. The summed E-state index contributed by atoms with van der Waals surface area (Å²) in [7, 11) is 0. The molecule has 0 radical (unpaired) electrons. The third-order valence-corrected chi connectivity index (χ3v) is 3.14. The van der Waals surface area contributed by atoms with Gasteiger partial charge in [-0.15, -0.1) is 0 Å². The lowest BCUT2D eigenvalue weighted by atomic mass is 10.00. The molecule has 0 saturated carbocycles. The highest BCUT2D eigenvalue weighted by Crippen LogP contribution is 2.29. The van der Waals surface area contributed by atoms with E-state index >= 15 is 0 Å². The van der Waals surface area contributed by atoms with E-state index in [-0.39, 0.29) is 12.1 Å². The minimum absolute atomic E-state index is 0.0455.